The largest absolute Gasteiger partial charge is 0.478 e. The molecule has 0 spiro atoms. The van der Waals surface area contributed by atoms with Crippen LogP contribution in [-0.2, 0) is 23.6 Å². The Morgan fingerprint density at radius 2 is 1.97 bits per heavy atom. The zero-order chi connectivity index (χ0) is 24.7. The quantitative estimate of drug-likeness (QED) is 0.386. The summed E-state index contributed by atoms with van der Waals surface area (Å²) in [6.45, 7) is 1.83. The van der Waals surface area contributed by atoms with Gasteiger partial charge in [-0.1, -0.05) is 35.5 Å². The molecular weight excluding hydrogens is 468 g/mol. The average Bonchev–Trinajstić information content (AvgIpc) is 3.28. The molecule has 1 aliphatic rings. The third kappa shape index (κ3) is 4.47. The van der Waals surface area contributed by atoms with Gasteiger partial charge in [0.05, 0.1) is 28.2 Å². The molecule has 1 fully saturated rings. The van der Waals surface area contributed by atoms with Gasteiger partial charge in [0, 0.05) is 31.6 Å². The number of nitrogens with one attached hydrogen (secondary N) is 1. The summed E-state index contributed by atoms with van der Waals surface area (Å²) < 4.78 is 31.5. The summed E-state index contributed by atoms with van der Waals surface area (Å²) in [5, 5.41) is 22.3. The van der Waals surface area contributed by atoms with Crippen LogP contribution in [0.3, 0.4) is 0 Å². The molecule has 2 N–H and O–H groups in total. The van der Waals surface area contributed by atoms with Crippen LogP contribution in [0.25, 0.3) is 5.69 Å². The molecule has 2 aromatic carbocycles. The Morgan fingerprint density at radius 3 is 2.69 bits per heavy atom. The molecule has 0 aliphatic heterocycles. The number of nitrogens with zero attached hydrogens (tertiary/aromatic N) is 5. The minimum Gasteiger partial charge on any atom is -0.478 e. The molecule has 2 atom stereocenters. The SMILES string of the molecule is Cc1ccccc1S(=O)(=O)NCc1cccc(-n2ncc(C(=O)O)c2C2CC2c2cn(C)nn2)c1. The molecule has 2 unspecified atom stereocenters. The fourth-order valence-electron chi connectivity index (χ4n) is 4.36. The Hall–Kier alpha value is -3.83. The number of sulfonamides is 1. The van der Waals surface area contributed by atoms with Gasteiger partial charge in [0.15, 0.2) is 0 Å². The molecule has 1 saturated carbocycles. The lowest BCUT2D eigenvalue weighted by Gasteiger charge is -2.12. The van der Waals surface area contributed by atoms with E-state index in [0.717, 1.165) is 17.7 Å². The van der Waals surface area contributed by atoms with E-state index in [4.69, 9.17) is 0 Å². The van der Waals surface area contributed by atoms with Crippen molar-refractivity contribution in [3.05, 3.63) is 89.0 Å². The first-order chi connectivity index (χ1) is 16.7. The van der Waals surface area contributed by atoms with E-state index in [1.165, 1.54) is 6.20 Å². The van der Waals surface area contributed by atoms with Crippen molar-refractivity contribution in [2.75, 3.05) is 0 Å². The molecule has 1 aliphatic carbocycles. The van der Waals surface area contributed by atoms with Gasteiger partial charge in [-0.2, -0.15) is 5.10 Å². The van der Waals surface area contributed by atoms with Crippen LogP contribution in [0.2, 0.25) is 0 Å². The summed E-state index contributed by atoms with van der Waals surface area (Å²) in [6.07, 6.45) is 3.95. The Kier molecular flexibility index (Phi) is 5.73. The molecule has 5 rings (SSSR count). The highest BCUT2D eigenvalue weighted by Crippen LogP contribution is 2.55. The van der Waals surface area contributed by atoms with Gasteiger partial charge in [0.1, 0.15) is 5.56 Å². The van der Waals surface area contributed by atoms with E-state index >= 15 is 0 Å². The molecule has 10 nitrogen and oxygen atoms in total. The average molecular weight is 493 g/mol. The van der Waals surface area contributed by atoms with Gasteiger partial charge in [0.25, 0.3) is 0 Å². The van der Waals surface area contributed by atoms with Crippen molar-refractivity contribution in [2.45, 2.75) is 36.6 Å². The molecule has 0 bridgehead atoms. The molecule has 0 radical (unpaired) electrons. The van der Waals surface area contributed by atoms with Crippen molar-refractivity contribution >= 4 is 16.0 Å². The van der Waals surface area contributed by atoms with Crippen LogP contribution in [0.4, 0.5) is 0 Å². The van der Waals surface area contributed by atoms with Crippen LogP contribution in [0.15, 0.2) is 65.8 Å². The Bertz CT molecular complexity index is 1520. The number of benzene rings is 2. The maximum atomic E-state index is 12.8. The van der Waals surface area contributed by atoms with E-state index < -0.39 is 16.0 Å². The second-order valence-corrected chi connectivity index (χ2v) is 10.4. The number of aromatic carboxylic acids is 1. The molecule has 11 heteroatoms. The highest BCUT2D eigenvalue weighted by Gasteiger charge is 2.46. The zero-order valence-corrected chi connectivity index (χ0v) is 20.0. The molecule has 4 aromatic rings. The monoisotopic (exact) mass is 492 g/mol. The van der Waals surface area contributed by atoms with Crippen LogP contribution in [-0.4, -0.2) is 44.3 Å². The minimum absolute atomic E-state index is 0.0523. The number of carboxylic acids is 1. The van der Waals surface area contributed by atoms with Crippen LogP contribution in [0.1, 0.15) is 51.1 Å². The molecule has 2 heterocycles. The highest BCUT2D eigenvalue weighted by molar-refractivity contribution is 7.89. The second kappa shape index (κ2) is 8.75. The van der Waals surface area contributed by atoms with E-state index in [0.29, 0.717) is 16.9 Å². The topological polar surface area (TPSA) is 132 Å². The molecule has 2 aromatic heterocycles. The maximum Gasteiger partial charge on any atom is 0.339 e. The zero-order valence-electron chi connectivity index (χ0n) is 19.2. The van der Waals surface area contributed by atoms with Gasteiger partial charge in [-0.05, 0) is 42.7 Å². The third-order valence-electron chi connectivity index (χ3n) is 6.18. The first-order valence-electron chi connectivity index (χ1n) is 11.1. The van der Waals surface area contributed by atoms with E-state index in [1.54, 1.807) is 53.7 Å². The molecule has 35 heavy (non-hydrogen) atoms. The van der Waals surface area contributed by atoms with Gasteiger partial charge >= 0.3 is 5.97 Å². The van der Waals surface area contributed by atoms with Crippen molar-refractivity contribution < 1.29 is 18.3 Å². The number of carboxylic acid groups (broad SMARTS) is 1. The lowest BCUT2D eigenvalue weighted by atomic mass is 10.1. The van der Waals surface area contributed by atoms with Gasteiger partial charge < -0.3 is 5.11 Å². The van der Waals surface area contributed by atoms with Gasteiger partial charge in [-0.15, -0.1) is 5.10 Å². The van der Waals surface area contributed by atoms with E-state index in [-0.39, 0.29) is 28.8 Å². The van der Waals surface area contributed by atoms with Crippen molar-refractivity contribution in [1.82, 2.24) is 29.5 Å². The summed E-state index contributed by atoms with van der Waals surface area (Å²) in [7, 11) is -1.89. The number of aromatic nitrogens is 5. The normalized spacial score (nSPS) is 17.4. The number of hydrogen-bond acceptors (Lipinski definition) is 6. The van der Waals surface area contributed by atoms with Crippen LogP contribution in [0.5, 0.6) is 0 Å². The van der Waals surface area contributed by atoms with Crippen molar-refractivity contribution in [2.24, 2.45) is 7.05 Å². The van der Waals surface area contributed by atoms with Crippen molar-refractivity contribution in [3.8, 4) is 5.69 Å². The van der Waals surface area contributed by atoms with Crippen molar-refractivity contribution in [1.29, 1.82) is 0 Å². The van der Waals surface area contributed by atoms with E-state index in [2.05, 4.69) is 20.1 Å². The summed E-state index contributed by atoms with van der Waals surface area (Å²) in [5.74, 6) is -1.02. The number of hydrogen-bond donors (Lipinski definition) is 2. The second-order valence-electron chi connectivity index (χ2n) is 8.69. The smallest absolute Gasteiger partial charge is 0.339 e. The number of aryl methyl sites for hydroxylation is 2. The van der Waals surface area contributed by atoms with Gasteiger partial charge in [-0.25, -0.2) is 22.6 Å². The van der Waals surface area contributed by atoms with E-state index in [9.17, 15) is 18.3 Å². The number of carbonyl (C=O) groups is 1. The summed E-state index contributed by atoms with van der Waals surface area (Å²) in [4.78, 5) is 12.2. The maximum absolute atomic E-state index is 12.8. The predicted molar refractivity (Wildman–Crippen MR) is 127 cm³/mol. The first kappa shape index (κ1) is 22.9. The van der Waals surface area contributed by atoms with Crippen LogP contribution >= 0.6 is 0 Å². The lowest BCUT2D eigenvalue weighted by Crippen LogP contribution is -2.24. The fraction of sp³-hybridized carbons (Fsp3) is 0.250. The Labute approximate surface area is 202 Å². The fourth-order valence-corrected chi connectivity index (χ4v) is 5.62. The van der Waals surface area contributed by atoms with Crippen LogP contribution < -0.4 is 4.72 Å². The number of rotatable bonds is 8. The van der Waals surface area contributed by atoms with Gasteiger partial charge in [-0.3, -0.25) is 4.68 Å². The van der Waals surface area contributed by atoms with Gasteiger partial charge in [0.2, 0.25) is 10.0 Å². The van der Waals surface area contributed by atoms with E-state index in [1.807, 2.05) is 24.4 Å². The predicted octanol–water partition coefficient (Wildman–Crippen LogP) is 2.76. The Morgan fingerprint density at radius 1 is 1.17 bits per heavy atom. The molecule has 0 saturated heterocycles. The minimum atomic E-state index is -3.69. The molecule has 180 valence electrons. The highest BCUT2D eigenvalue weighted by atomic mass is 32.2. The summed E-state index contributed by atoms with van der Waals surface area (Å²) >= 11 is 0. The van der Waals surface area contributed by atoms with Crippen LogP contribution in [0, 0.1) is 6.92 Å². The standard InChI is InChI=1S/C24H24N6O4S/c1-15-6-3-4-9-22(15)35(33,34)26-12-16-7-5-8-17(10-16)30-23(20(13-25-30)24(31)32)19-11-18(19)21-14-29(2)28-27-21/h3-10,13-14,18-19,26H,11-12H2,1-2H3,(H,31,32). The summed E-state index contributed by atoms with van der Waals surface area (Å²) in [5.41, 5.74) is 3.61. The third-order valence-corrected chi connectivity index (χ3v) is 7.74. The Balaban J connectivity index is 1.42. The molecule has 0 amide bonds. The van der Waals surface area contributed by atoms with Crippen molar-refractivity contribution in [3.63, 3.8) is 0 Å². The molecular formula is C24H24N6O4S. The lowest BCUT2D eigenvalue weighted by molar-refractivity contribution is 0.0695. The summed E-state index contributed by atoms with van der Waals surface area (Å²) in [6, 6.07) is 14.0. The first-order valence-corrected chi connectivity index (χ1v) is 12.5.